The summed E-state index contributed by atoms with van der Waals surface area (Å²) < 4.78 is 5.39. The third-order valence-corrected chi connectivity index (χ3v) is 6.47. The minimum Gasteiger partial charge on any atom is -0.481 e. The van der Waals surface area contributed by atoms with Crippen molar-refractivity contribution < 1.29 is 14.6 Å². The fraction of sp³-hybridized carbons (Fsp3) is 0.808. The number of hydrogen-bond donors (Lipinski definition) is 1. The second-order valence-corrected chi connectivity index (χ2v) is 8.84. The number of unbranched alkanes of at least 4 members (excludes halogenated alkanes) is 7. The van der Waals surface area contributed by atoms with Gasteiger partial charge in [0.05, 0.1) is 5.41 Å². The number of hydrogen-bond acceptors (Lipinski definition) is 2. The lowest BCUT2D eigenvalue weighted by Crippen LogP contribution is -2.41. The second-order valence-electron chi connectivity index (χ2n) is 8.84. The Morgan fingerprint density at radius 1 is 0.966 bits per heavy atom. The molecule has 0 aromatic heterocycles. The van der Waals surface area contributed by atoms with Gasteiger partial charge in [-0.15, -0.1) is 0 Å². The van der Waals surface area contributed by atoms with Crippen LogP contribution in [0.3, 0.4) is 0 Å². The Morgan fingerprint density at radius 3 is 2.21 bits per heavy atom. The molecule has 0 amide bonds. The van der Waals surface area contributed by atoms with Crippen molar-refractivity contribution in [3.05, 3.63) is 23.3 Å². The maximum Gasteiger partial charge on any atom is 0.314 e. The van der Waals surface area contributed by atoms with Gasteiger partial charge in [-0.05, 0) is 38.5 Å². The number of carboxylic acid groups (broad SMARTS) is 1. The molecule has 0 saturated heterocycles. The molecular weight excluding hydrogens is 360 g/mol. The number of carbonyl (C=O) groups is 1. The minimum atomic E-state index is -0.760. The maximum absolute atomic E-state index is 12.7. The van der Waals surface area contributed by atoms with Gasteiger partial charge < -0.3 is 9.84 Å². The van der Waals surface area contributed by atoms with E-state index in [1.54, 1.807) is 7.11 Å². The monoisotopic (exact) mass is 406 g/mol. The molecule has 168 valence electrons. The van der Waals surface area contributed by atoms with E-state index in [1.165, 1.54) is 36.8 Å². The molecule has 0 heterocycles. The van der Waals surface area contributed by atoms with Crippen LogP contribution in [0.5, 0.6) is 0 Å². The fourth-order valence-corrected chi connectivity index (χ4v) is 4.74. The van der Waals surface area contributed by atoms with Crippen molar-refractivity contribution in [2.45, 2.75) is 111 Å². The van der Waals surface area contributed by atoms with Crippen molar-refractivity contribution in [1.82, 2.24) is 0 Å². The zero-order valence-corrected chi connectivity index (χ0v) is 19.6. The van der Waals surface area contributed by atoms with Crippen LogP contribution in [0.1, 0.15) is 111 Å². The van der Waals surface area contributed by atoms with Crippen LogP contribution < -0.4 is 0 Å². The summed E-state index contributed by atoms with van der Waals surface area (Å²) in [6, 6.07) is 0. The van der Waals surface area contributed by atoms with E-state index in [0.717, 1.165) is 64.2 Å². The Balaban J connectivity index is 3.11. The zero-order chi connectivity index (χ0) is 21.5. The number of aliphatic carboxylic acids is 1. The van der Waals surface area contributed by atoms with E-state index >= 15 is 0 Å². The average Bonchev–Trinajstić information content (AvgIpc) is 2.71. The summed E-state index contributed by atoms with van der Waals surface area (Å²) in [6.45, 7) is 7.27. The van der Waals surface area contributed by atoms with Gasteiger partial charge >= 0.3 is 5.97 Å². The average molecular weight is 407 g/mol. The summed E-state index contributed by atoms with van der Waals surface area (Å²) in [5.74, 6) is -0.573. The number of methoxy groups -OCH3 is 1. The molecule has 0 aromatic rings. The summed E-state index contributed by atoms with van der Waals surface area (Å²) in [6.07, 6.45) is 19.7. The molecule has 3 nitrogen and oxygen atoms in total. The molecule has 0 aromatic carbocycles. The zero-order valence-electron chi connectivity index (χ0n) is 19.6. The molecule has 0 fully saturated rings. The van der Waals surface area contributed by atoms with Gasteiger partial charge in [-0.25, -0.2) is 0 Å². The molecule has 0 spiro atoms. The van der Waals surface area contributed by atoms with Gasteiger partial charge in [-0.2, -0.15) is 0 Å². The molecule has 1 rings (SSSR count). The van der Waals surface area contributed by atoms with Crippen LogP contribution in [0.25, 0.3) is 0 Å². The Bertz CT molecular complexity index is 520. The number of carboxylic acids is 1. The van der Waals surface area contributed by atoms with E-state index < -0.39 is 11.4 Å². The summed E-state index contributed by atoms with van der Waals surface area (Å²) in [5, 5.41) is 10.5. The first-order valence-electron chi connectivity index (χ1n) is 12.2. The lowest BCUT2D eigenvalue weighted by molar-refractivity contribution is -0.149. The third-order valence-electron chi connectivity index (χ3n) is 6.47. The number of ether oxygens (including phenoxy) is 1. The lowest BCUT2D eigenvalue weighted by atomic mass is 9.63. The highest BCUT2D eigenvalue weighted by molar-refractivity contribution is 5.79. The molecule has 0 saturated carbocycles. The minimum absolute atomic E-state index is 0.0625. The lowest BCUT2D eigenvalue weighted by Gasteiger charge is -2.40. The van der Waals surface area contributed by atoms with Gasteiger partial charge in [0, 0.05) is 19.6 Å². The molecule has 0 bridgehead atoms. The Morgan fingerprint density at radius 2 is 1.59 bits per heavy atom. The predicted octanol–water partition coefficient (Wildman–Crippen LogP) is 7.71. The molecule has 2 unspecified atom stereocenters. The molecule has 0 radical (unpaired) electrons. The molecule has 1 aliphatic rings. The highest BCUT2D eigenvalue weighted by Crippen LogP contribution is 2.48. The fourth-order valence-electron chi connectivity index (χ4n) is 4.74. The maximum atomic E-state index is 12.7. The quantitative estimate of drug-likeness (QED) is 0.252. The molecular formula is C26H46O3. The van der Waals surface area contributed by atoms with Gasteiger partial charge in [-0.1, -0.05) is 95.4 Å². The smallest absolute Gasteiger partial charge is 0.314 e. The summed E-state index contributed by atoms with van der Waals surface area (Å²) in [4.78, 5) is 12.7. The Labute approximate surface area is 180 Å². The highest BCUT2D eigenvalue weighted by Gasteiger charge is 2.46. The molecule has 3 heteroatoms. The van der Waals surface area contributed by atoms with Gasteiger partial charge in [-0.3, -0.25) is 4.79 Å². The summed E-state index contributed by atoms with van der Waals surface area (Å²) >= 11 is 0. The van der Waals surface area contributed by atoms with Crippen molar-refractivity contribution in [1.29, 1.82) is 0 Å². The first-order valence-corrected chi connectivity index (χ1v) is 12.2. The summed E-state index contributed by atoms with van der Waals surface area (Å²) in [7, 11) is 1.72. The summed E-state index contributed by atoms with van der Waals surface area (Å²) in [5.41, 5.74) is 1.84. The molecule has 2 atom stereocenters. The largest absolute Gasteiger partial charge is 0.481 e. The van der Waals surface area contributed by atoms with E-state index in [0.29, 0.717) is 6.61 Å². The molecule has 0 aliphatic heterocycles. The second kappa shape index (κ2) is 14.8. The molecule has 1 aliphatic carbocycles. The molecule has 1 N–H and O–H groups in total. The normalized spacial score (nSPS) is 21.7. The van der Waals surface area contributed by atoms with Crippen LogP contribution in [0.15, 0.2) is 23.3 Å². The van der Waals surface area contributed by atoms with Crippen LogP contribution >= 0.6 is 0 Å². The Hall–Kier alpha value is -1.09. The van der Waals surface area contributed by atoms with Gasteiger partial charge in [0.2, 0.25) is 0 Å². The van der Waals surface area contributed by atoms with Gasteiger partial charge in [0.25, 0.3) is 0 Å². The van der Waals surface area contributed by atoms with Crippen LogP contribution in [-0.2, 0) is 9.53 Å². The van der Waals surface area contributed by atoms with Crippen LogP contribution in [0.2, 0.25) is 0 Å². The van der Waals surface area contributed by atoms with E-state index in [9.17, 15) is 9.90 Å². The standard InChI is InChI=1S/C26H46O3/c1-5-8-11-12-13-14-18-26(25(27)28)21-22(15-9-6-2)20-23(16-10-7-3)24(26)17-19-29-4/h20-21,24H,5-19H2,1-4H3,(H,27,28). The number of allylic oxidation sites excluding steroid dienone is 3. The van der Waals surface area contributed by atoms with E-state index in [-0.39, 0.29) is 5.92 Å². The van der Waals surface area contributed by atoms with Crippen LogP contribution in [0.4, 0.5) is 0 Å². The van der Waals surface area contributed by atoms with Crippen molar-refractivity contribution in [3.8, 4) is 0 Å². The first kappa shape index (κ1) is 25.9. The molecule has 29 heavy (non-hydrogen) atoms. The van der Waals surface area contributed by atoms with Crippen molar-refractivity contribution in [3.63, 3.8) is 0 Å². The van der Waals surface area contributed by atoms with Crippen molar-refractivity contribution in [2.24, 2.45) is 11.3 Å². The highest BCUT2D eigenvalue weighted by atomic mass is 16.5. The first-order chi connectivity index (χ1) is 14.1. The van der Waals surface area contributed by atoms with Gasteiger partial charge in [0.15, 0.2) is 0 Å². The predicted molar refractivity (Wildman–Crippen MR) is 123 cm³/mol. The Kier molecular flexibility index (Phi) is 13.3. The SMILES string of the molecule is CCCCCCCCC1(C(=O)O)C=C(CCCC)C=C(CCCC)C1CCOC. The van der Waals surface area contributed by atoms with Crippen molar-refractivity contribution in [2.75, 3.05) is 13.7 Å². The van der Waals surface area contributed by atoms with Gasteiger partial charge in [0.1, 0.15) is 0 Å². The number of rotatable bonds is 17. The van der Waals surface area contributed by atoms with E-state index in [1.807, 2.05) is 0 Å². The third kappa shape index (κ3) is 8.28. The van der Waals surface area contributed by atoms with E-state index in [4.69, 9.17) is 4.74 Å². The van der Waals surface area contributed by atoms with Crippen LogP contribution in [-0.4, -0.2) is 24.8 Å². The van der Waals surface area contributed by atoms with Crippen LogP contribution in [0, 0.1) is 11.3 Å². The van der Waals surface area contributed by atoms with Crippen molar-refractivity contribution >= 4 is 5.97 Å². The topological polar surface area (TPSA) is 46.5 Å². The van der Waals surface area contributed by atoms with E-state index in [2.05, 4.69) is 32.9 Å².